The monoisotopic (exact) mass is 292 g/mol. The number of ketones is 1. The van der Waals surface area contributed by atoms with E-state index >= 15 is 0 Å². The largest absolute Gasteiger partial charge is 0.466 e. The summed E-state index contributed by atoms with van der Waals surface area (Å²) in [6.07, 6.45) is 0.402. The summed E-state index contributed by atoms with van der Waals surface area (Å²) in [5, 5.41) is 0. The van der Waals surface area contributed by atoms with Gasteiger partial charge < -0.3 is 4.42 Å². The third-order valence-corrected chi connectivity index (χ3v) is 3.09. The van der Waals surface area contributed by atoms with Gasteiger partial charge in [-0.25, -0.2) is 0 Å². The van der Waals surface area contributed by atoms with E-state index in [9.17, 15) is 4.79 Å². The second kappa shape index (κ2) is 4.88. The normalized spacial score (nSPS) is 10.5. The quantitative estimate of drug-likeness (QED) is 0.798. The van der Waals surface area contributed by atoms with Crippen molar-refractivity contribution in [1.82, 2.24) is 0 Å². The lowest BCUT2D eigenvalue weighted by molar-refractivity contribution is 0.0991. The fourth-order valence-electron chi connectivity index (χ4n) is 1.84. The standard InChI is InChI=1S/C14H13BrO2/c1-9-6-13(10(2)17-9)14(16)8-11-4-3-5-12(15)7-11/h3-7H,8H2,1-2H3. The number of aryl methyl sites for hydroxylation is 2. The van der Waals surface area contributed by atoms with Crippen LogP contribution in [0.1, 0.15) is 27.4 Å². The first kappa shape index (κ1) is 12.1. The molecule has 88 valence electrons. The molecule has 0 atom stereocenters. The van der Waals surface area contributed by atoms with Crippen LogP contribution in [0.15, 0.2) is 39.2 Å². The van der Waals surface area contributed by atoms with Gasteiger partial charge in [0.05, 0.1) is 5.56 Å². The van der Waals surface area contributed by atoms with E-state index in [1.54, 1.807) is 6.07 Å². The average molecular weight is 293 g/mol. The minimum absolute atomic E-state index is 0.0949. The van der Waals surface area contributed by atoms with Gasteiger partial charge in [0.1, 0.15) is 11.5 Å². The van der Waals surface area contributed by atoms with Crippen LogP contribution >= 0.6 is 15.9 Å². The molecule has 0 aliphatic rings. The van der Waals surface area contributed by atoms with E-state index in [0.29, 0.717) is 17.7 Å². The Balaban J connectivity index is 2.20. The molecule has 0 saturated heterocycles. The molecule has 0 N–H and O–H groups in total. The summed E-state index contributed by atoms with van der Waals surface area (Å²) >= 11 is 3.40. The maximum Gasteiger partial charge on any atom is 0.170 e. The lowest BCUT2D eigenvalue weighted by Gasteiger charge is -2.00. The molecule has 0 saturated carbocycles. The van der Waals surface area contributed by atoms with Gasteiger partial charge in [0, 0.05) is 10.9 Å². The van der Waals surface area contributed by atoms with E-state index in [2.05, 4.69) is 15.9 Å². The highest BCUT2D eigenvalue weighted by Gasteiger charge is 2.13. The van der Waals surface area contributed by atoms with Crippen molar-refractivity contribution in [3.8, 4) is 0 Å². The Kier molecular flexibility index (Phi) is 3.48. The minimum Gasteiger partial charge on any atom is -0.466 e. The van der Waals surface area contributed by atoms with Crippen molar-refractivity contribution in [2.45, 2.75) is 20.3 Å². The van der Waals surface area contributed by atoms with Crippen LogP contribution in [0.4, 0.5) is 0 Å². The summed E-state index contributed by atoms with van der Waals surface area (Å²) in [7, 11) is 0. The highest BCUT2D eigenvalue weighted by Crippen LogP contribution is 2.18. The van der Waals surface area contributed by atoms with Gasteiger partial charge in [0.2, 0.25) is 0 Å². The van der Waals surface area contributed by atoms with Gasteiger partial charge in [-0.3, -0.25) is 4.79 Å². The van der Waals surface area contributed by atoms with Crippen LogP contribution < -0.4 is 0 Å². The number of rotatable bonds is 3. The Hall–Kier alpha value is -1.35. The van der Waals surface area contributed by atoms with E-state index in [0.717, 1.165) is 15.8 Å². The molecule has 1 aromatic heterocycles. The Morgan fingerprint density at radius 1 is 1.29 bits per heavy atom. The van der Waals surface area contributed by atoms with Gasteiger partial charge in [-0.15, -0.1) is 0 Å². The summed E-state index contributed by atoms with van der Waals surface area (Å²) in [5.74, 6) is 1.57. The summed E-state index contributed by atoms with van der Waals surface area (Å²) in [4.78, 5) is 12.1. The third-order valence-electron chi connectivity index (χ3n) is 2.60. The molecule has 0 radical (unpaired) electrons. The highest BCUT2D eigenvalue weighted by atomic mass is 79.9. The molecule has 0 spiro atoms. The van der Waals surface area contributed by atoms with Crippen LogP contribution in [-0.4, -0.2) is 5.78 Å². The number of carbonyl (C=O) groups is 1. The highest BCUT2D eigenvalue weighted by molar-refractivity contribution is 9.10. The second-order valence-corrected chi connectivity index (χ2v) is 4.97. The first-order chi connectivity index (χ1) is 8.06. The molecule has 0 aliphatic heterocycles. The fourth-order valence-corrected chi connectivity index (χ4v) is 2.28. The third kappa shape index (κ3) is 2.86. The predicted molar refractivity (Wildman–Crippen MR) is 70.4 cm³/mol. The summed E-state index contributed by atoms with van der Waals surface area (Å²) < 4.78 is 6.36. The summed E-state index contributed by atoms with van der Waals surface area (Å²) in [6.45, 7) is 3.67. The maximum absolute atomic E-state index is 12.1. The molecule has 2 nitrogen and oxygen atoms in total. The molecular formula is C14H13BrO2. The number of carbonyl (C=O) groups excluding carboxylic acids is 1. The number of hydrogen-bond acceptors (Lipinski definition) is 2. The zero-order chi connectivity index (χ0) is 12.4. The Morgan fingerprint density at radius 2 is 2.06 bits per heavy atom. The lowest BCUT2D eigenvalue weighted by atomic mass is 10.0. The van der Waals surface area contributed by atoms with Crippen molar-refractivity contribution in [1.29, 1.82) is 0 Å². The van der Waals surface area contributed by atoms with Crippen molar-refractivity contribution in [3.05, 3.63) is 57.5 Å². The lowest BCUT2D eigenvalue weighted by Crippen LogP contribution is -2.03. The molecule has 1 aromatic carbocycles. The molecule has 17 heavy (non-hydrogen) atoms. The first-order valence-corrected chi connectivity index (χ1v) is 6.20. The van der Waals surface area contributed by atoms with Crippen molar-refractivity contribution in [3.63, 3.8) is 0 Å². The Bertz CT molecular complexity index is 555. The van der Waals surface area contributed by atoms with E-state index in [1.807, 2.05) is 38.1 Å². The van der Waals surface area contributed by atoms with Crippen LogP contribution in [-0.2, 0) is 6.42 Å². The zero-order valence-corrected chi connectivity index (χ0v) is 11.4. The van der Waals surface area contributed by atoms with Crippen LogP contribution in [0.2, 0.25) is 0 Å². The minimum atomic E-state index is 0.0949. The van der Waals surface area contributed by atoms with Crippen LogP contribution in [0, 0.1) is 13.8 Å². The molecule has 1 heterocycles. The van der Waals surface area contributed by atoms with Gasteiger partial charge in [0.25, 0.3) is 0 Å². The number of hydrogen-bond donors (Lipinski definition) is 0. The fraction of sp³-hybridized carbons (Fsp3) is 0.214. The van der Waals surface area contributed by atoms with Gasteiger partial charge in [0.15, 0.2) is 5.78 Å². The van der Waals surface area contributed by atoms with Gasteiger partial charge in [-0.05, 0) is 37.6 Å². The average Bonchev–Trinajstić information content (AvgIpc) is 2.58. The number of Topliss-reactive ketones (excluding diaryl/α,β-unsaturated/α-hetero) is 1. The smallest absolute Gasteiger partial charge is 0.170 e. The van der Waals surface area contributed by atoms with Gasteiger partial charge in [-0.1, -0.05) is 28.1 Å². The Morgan fingerprint density at radius 3 is 2.65 bits per heavy atom. The van der Waals surface area contributed by atoms with E-state index in [1.165, 1.54) is 0 Å². The molecule has 0 amide bonds. The van der Waals surface area contributed by atoms with E-state index < -0.39 is 0 Å². The number of halogens is 1. The van der Waals surface area contributed by atoms with E-state index in [-0.39, 0.29) is 5.78 Å². The number of benzene rings is 1. The van der Waals surface area contributed by atoms with Crippen molar-refractivity contribution >= 4 is 21.7 Å². The SMILES string of the molecule is Cc1cc(C(=O)Cc2cccc(Br)c2)c(C)o1. The topological polar surface area (TPSA) is 30.2 Å². The zero-order valence-electron chi connectivity index (χ0n) is 9.79. The van der Waals surface area contributed by atoms with Crippen LogP contribution in [0.3, 0.4) is 0 Å². The van der Waals surface area contributed by atoms with Crippen LogP contribution in [0.5, 0.6) is 0 Å². The molecule has 0 unspecified atom stereocenters. The van der Waals surface area contributed by atoms with E-state index in [4.69, 9.17) is 4.42 Å². The van der Waals surface area contributed by atoms with Crippen molar-refractivity contribution in [2.75, 3.05) is 0 Å². The molecule has 0 aliphatic carbocycles. The van der Waals surface area contributed by atoms with Gasteiger partial charge >= 0.3 is 0 Å². The molecule has 2 aromatic rings. The van der Waals surface area contributed by atoms with Crippen molar-refractivity contribution < 1.29 is 9.21 Å². The maximum atomic E-state index is 12.1. The second-order valence-electron chi connectivity index (χ2n) is 4.06. The summed E-state index contributed by atoms with van der Waals surface area (Å²) in [5.41, 5.74) is 1.69. The van der Waals surface area contributed by atoms with Crippen molar-refractivity contribution in [2.24, 2.45) is 0 Å². The summed E-state index contributed by atoms with van der Waals surface area (Å²) in [6, 6.07) is 9.59. The van der Waals surface area contributed by atoms with Gasteiger partial charge in [-0.2, -0.15) is 0 Å². The molecule has 0 fully saturated rings. The predicted octanol–water partition coefficient (Wildman–Crippen LogP) is 4.08. The molecule has 2 rings (SSSR count). The number of furan rings is 1. The first-order valence-electron chi connectivity index (χ1n) is 5.41. The molecular weight excluding hydrogens is 280 g/mol. The molecule has 3 heteroatoms. The van der Waals surface area contributed by atoms with Crippen LogP contribution in [0.25, 0.3) is 0 Å². The Labute approximate surface area is 109 Å². The molecule has 0 bridgehead atoms.